The summed E-state index contributed by atoms with van der Waals surface area (Å²) in [7, 11) is 0. The van der Waals surface area contributed by atoms with Crippen molar-refractivity contribution in [2.75, 3.05) is 6.61 Å². The molecule has 0 saturated heterocycles. The van der Waals surface area contributed by atoms with Crippen LogP contribution in [0.25, 0.3) is 10.4 Å². The summed E-state index contributed by atoms with van der Waals surface area (Å²) >= 11 is 0. The van der Waals surface area contributed by atoms with Crippen LogP contribution < -0.4 is 5.43 Å². The van der Waals surface area contributed by atoms with Gasteiger partial charge in [0.15, 0.2) is 0 Å². The van der Waals surface area contributed by atoms with E-state index in [2.05, 4.69) is 40.5 Å². The van der Waals surface area contributed by atoms with Crippen molar-refractivity contribution in [1.29, 1.82) is 0 Å². The van der Waals surface area contributed by atoms with Gasteiger partial charge in [-0.2, -0.15) is 5.10 Å². The van der Waals surface area contributed by atoms with Crippen molar-refractivity contribution in [3.63, 3.8) is 0 Å². The molecule has 36 heavy (non-hydrogen) atoms. The van der Waals surface area contributed by atoms with Gasteiger partial charge in [-0.25, -0.2) is 10.2 Å². The average Bonchev–Trinajstić information content (AvgIpc) is 3.05. The molecule has 0 aromatic rings. The summed E-state index contributed by atoms with van der Waals surface area (Å²) in [4.78, 5) is 26.5. The normalized spacial score (nSPS) is 41.6. The molecule has 10 heteroatoms. The third kappa shape index (κ3) is 3.98. The molecule has 4 aliphatic carbocycles. The molecule has 3 saturated carbocycles. The zero-order chi connectivity index (χ0) is 26.3. The van der Waals surface area contributed by atoms with Crippen LogP contribution in [0, 0.1) is 28.6 Å². The van der Waals surface area contributed by atoms with Crippen LogP contribution in [0.5, 0.6) is 0 Å². The summed E-state index contributed by atoms with van der Waals surface area (Å²) in [6.07, 6.45) is 6.42. The smallest absolute Gasteiger partial charge is 0.427 e. The number of nitrogens with zero attached hydrogens (tertiary/aromatic N) is 4. The quantitative estimate of drug-likeness (QED) is 0.103. The maximum absolute atomic E-state index is 11.9. The number of carbonyl (C=O) groups excluding carboxylic acids is 2. The highest BCUT2D eigenvalue weighted by molar-refractivity contribution is 5.94. The van der Waals surface area contributed by atoms with Crippen LogP contribution in [0.3, 0.4) is 0 Å². The highest BCUT2D eigenvalue weighted by Gasteiger charge is 2.68. The lowest BCUT2D eigenvalue weighted by atomic mass is 9.46. The van der Waals surface area contributed by atoms with E-state index in [9.17, 15) is 20.2 Å². The number of ether oxygens (including phenoxy) is 2. The van der Waals surface area contributed by atoms with Gasteiger partial charge in [-0.15, -0.1) is 0 Å². The summed E-state index contributed by atoms with van der Waals surface area (Å²) in [6.45, 7) is 9.56. The van der Waals surface area contributed by atoms with Crippen molar-refractivity contribution >= 4 is 17.8 Å². The lowest BCUT2D eigenvalue weighted by Crippen LogP contribution is -2.58. The zero-order valence-electron chi connectivity index (χ0n) is 22.0. The average molecular weight is 502 g/mol. The van der Waals surface area contributed by atoms with E-state index in [0.29, 0.717) is 24.0 Å². The van der Waals surface area contributed by atoms with Crippen molar-refractivity contribution in [1.82, 2.24) is 5.43 Å². The predicted molar refractivity (Wildman–Crippen MR) is 134 cm³/mol. The lowest BCUT2D eigenvalue weighted by Gasteiger charge is -2.59. The van der Waals surface area contributed by atoms with E-state index in [1.165, 1.54) is 12.5 Å². The van der Waals surface area contributed by atoms with Crippen LogP contribution in [0.2, 0.25) is 0 Å². The Morgan fingerprint density at radius 3 is 2.67 bits per heavy atom. The number of esters is 1. The first kappa shape index (κ1) is 26.5. The fourth-order valence-electron chi connectivity index (χ4n) is 8.34. The Labute approximate surface area is 212 Å². The highest BCUT2D eigenvalue weighted by Crippen LogP contribution is 2.68. The maximum Gasteiger partial charge on any atom is 0.427 e. The number of nitrogens with one attached hydrogen (secondary N) is 1. The second-order valence-corrected chi connectivity index (χ2v) is 11.4. The van der Waals surface area contributed by atoms with Crippen molar-refractivity contribution in [2.24, 2.45) is 38.8 Å². The van der Waals surface area contributed by atoms with Crippen molar-refractivity contribution in [3.05, 3.63) is 22.1 Å². The van der Waals surface area contributed by atoms with Gasteiger partial charge in [-0.3, -0.25) is 4.79 Å². The molecule has 0 aliphatic heterocycles. The lowest BCUT2D eigenvalue weighted by molar-refractivity contribution is -0.148. The van der Waals surface area contributed by atoms with Gasteiger partial charge >= 0.3 is 12.1 Å². The number of hydrazone groups is 1. The molecule has 0 aromatic carbocycles. The monoisotopic (exact) mass is 501 g/mol. The molecular weight excluding hydrogens is 462 g/mol. The van der Waals surface area contributed by atoms with E-state index >= 15 is 0 Å². The van der Waals surface area contributed by atoms with Crippen LogP contribution in [-0.2, 0) is 14.3 Å². The van der Waals surface area contributed by atoms with Crippen molar-refractivity contribution < 1.29 is 24.2 Å². The zero-order valence-corrected chi connectivity index (χ0v) is 22.0. The topological polar surface area (TPSA) is 146 Å². The molecule has 198 valence electrons. The van der Waals surface area contributed by atoms with Crippen LogP contribution in [0.4, 0.5) is 4.79 Å². The second-order valence-electron chi connectivity index (χ2n) is 11.4. The third-order valence-electron chi connectivity index (χ3n) is 9.96. The first-order valence-electron chi connectivity index (χ1n) is 13.1. The number of rotatable bonds is 5. The third-order valence-corrected chi connectivity index (χ3v) is 9.96. The molecule has 3 fully saturated rings. The van der Waals surface area contributed by atoms with E-state index in [-0.39, 0.29) is 30.0 Å². The standard InChI is InChI=1S/C26H39N5O5/c1-6-35-23(34)29-28-15(2)26(30-31-27)22(33)14-21-19-8-7-17-13-18(36-16(3)32)9-11-24(17,4)20(19)10-12-25(21,26)5/h7,18-22,33H,6,8-14H2,1-5H3,(H,29,34)/t18-,19+,20-,21-,22+,24-,25-,26+/m0/s1. The summed E-state index contributed by atoms with van der Waals surface area (Å²) in [6, 6.07) is 0. The molecule has 0 aromatic heterocycles. The van der Waals surface area contributed by atoms with Crippen LogP contribution >= 0.6 is 0 Å². The number of amides is 1. The number of aliphatic hydroxyl groups is 1. The van der Waals surface area contributed by atoms with Crippen LogP contribution in [0.1, 0.15) is 79.6 Å². The molecule has 8 atom stereocenters. The number of azide groups is 1. The molecule has 2 N–H and O–H groups in total. The summed E-state index contributed by atoms with van der Waals surface area (Å²) in [5.74, 6) is 0.678. The molecule has 1 amide bonds. The minimum absolute atomic E-state index is 0.0319. The summed E-state index contributed by atoms with van der Waals surface area (Å²) in [5, 5.41) is 19.9. The fourth-order valence-corrected chi connectivity index (χ4v) is 8.34. The predicted octanol–water partition coefficient (Wildman–Crippen LogP) is 5.02. The molecule has 0 radical (unpaired) electrons. The summed E-state index contributed by atoms with van der Waals surface area (Å²) < 4.78 is 10.5. The minimum Gasteiger partial charge on any atom is -0.462 e. The van der Waals surface area contributed by atoms with Crippen molar-refractivity contribution in [3.8, 4) is 0 Å². The highest BCUT2D eigenvalue weighted by atomic mass is 16.6. The van der Waals surface area contributed by atoms with Crippen molar-refractivity contribution in [2.45, 2.75) is 97.3 Å². The van der Waals surface area contributed by atoms with Crippen LogP contribution in [0.15, 0.2) is 21.9 Å². The largest absolute Gasteiger partial charge is 0.462 e. The first-order valence-corrected chi connectivity index (χ1v) is 13.1. The Morgan fingerprint density at radius 1 is 1.25 bits per heavy atom. The molecule has 4 aliphatic rings. The van der Waals surface area contributed by atoms with Crippen LogP contribution in [-0.4, -0.2) is 47.2 Å². The fraction of sp³-hybridized carbons (Fsp3) is 0.808. The molecule has 0 unspecified atom stereocenters. The first-order chi connectivity index (χ1) is 17.0. The molecule has 0 spiro atoms. The van der Waals surface area contributed by atoms with E-state index < -0.39 is 23.2 Å². The van der Waals surface area contributed by atoms with Gasteiger partial charge < -0.3 is 14.6 Å². The molecule has 10 nitrogen and oxygen atoms in total. The Balaban J connectivity index is 1.66. The van der Waals surface area contributed by atoms with Gasteiger partial charge in [0.2, 0.25) is 0 Å². The maximum atomic E-state index is 11.9. The SMILES string of the molecule is CCOC(=O)NN=C(C)[C@@]1(N=[N+]=[N-])[C@H](O)C[C@H]2[C@@H]3CC=C4C[C@@H](OC(C)=O)CC[C@]4(C)[C@H]3CC[C@@]21C. The summed E-state index contributed by atoms with van der Waals surface area (Å²) in [5.41, 5.74) is 12.0. The Bertz CT molecular complexity index is 1020. The molecule has 4 rings (SSSR count). The van der Waals surface area contributed by atoms with Gasteiger partial charge in [-0.05, 0) is 86.5 Å². The van der Waals surface area contributed by atoms with Gasteiger partial charge in [0.25, 0.3) is 0 Å². The van der Waals surface area contributed by atoms with Gasteiger partial charge in [-0.1, -0.05) is 30.6 Å². The number of fused-ring (bicyclic) bond motifs is 5. The molecular formula is C26H39N5O5. The van der Waals surface area contributed by atoms with Gasteiger partial charge in [0, 0.05) is 18.3 Å². The number of hydrogen-bond donors (Lipinski definition) is 2. The Hall–Kier alpha value is -2.58. The van der Waals surface area contributed by atoms with Gasteiger partial charge in [0.05, 0.1) is 18.4 Å². The number of aliphatic hydroxyl groups excluding tert-OH is 1. The van der Waals surface area contributed by atoms with E-state index in [1.807, 2.05) is 0 Å². The van der Waals surface area contributed by atoms with Gasteiger partial charge in [0.1, 0.15) is 11.6 Å². The van der Waals surface area contributed by atoms with E-state index in [0.717, 1.165) is 38.5 Å². The van der Waals surface area contributed by atoms with E-state index in [1.54, 1.807) is 13.8 Å². The van der Waals surface area contributed by atoms with E-state index in [4.69, 9.17) is 9.47 Å². The number of allylic oxidation sites excluding steroid dienone is 1. The number of hydrogen-bond acceptors (Lipinski definition) is 7. The molecule has 0 bridgehead atoms. The molecule has 0 heterocycles. The Kier molecular flexibility index (Phi) is 7.14. The minimum atomic E-state index is -1.26. The number of carbonyl (C=O) groups is 2. The Morgan fingerprint density at radius 2 is 2.00 bits per heavy atom. The second kappa shape index (κ2) is 9.71.